The summed E-state index contributed by atoms with van der Waals surface area (Å²) >= 11 is 0. The lowest BCUT2D eigenvalue weighted by atomic mass is 10.7. The van der Waals surface area contributed by atoms with Crippen LogP contribution in [0.2, 0.25) is 57.4 Å². The molecule has 0 fully saturated rings. The van der Waals surface area contributed by atoms with E-state index in [1.807, 2.05) is 0 Å². The molecule has 0 aliphatic heterocycles. The molecular formula is C14H36O3Si3. The summed E-state index contributed by atoms with van der Waals surface area (Å²) < 4.78 is 18.8. The summed E-state index contributed by atoms with van der Waals surface area (Å²) in [5, 5.41) is 0. The molecule has 0 saturated carbocycles. The highest BCUT2D eigenvalue weighted by molar-refractivity contribution is 6.74. The van der Waals surface area contributed by atoms with Crippen molar-refractivity contribution in [2.24, 2.45) is 0 Å². The van der Waals surface area contributed by atoms with Gasteiger partial charge in [-0.2, -0.15) is 0 Å². The van der Waals surface area contributed by atoms with Gasteiger partial charge in [-0.05, 0) is 57.4 Å². The minimum atomic E-state index is -1.64. The molecule has 20 heavy (non-hydrogen) atoms. The van der Waals surface area contributed by atoms with Gasteiger partial charge in [-0.3, -0.25) is 0 Å². The lowest BCUT2D eigenvalue weighted by Crippen LogP contribution is -2.47. The summed E-state index contributed by atoms with van der Waals surface area (Å²) in [7, 11) is -4.80. The fourth-order valence-electron chi connectivity index (χ4n) is 2.08. The van der Waals surface area contributed by atoms with Crippen molar-refractivity contribution in [2.45, 2.75) is 84.5 Å². The van der Waals surface area contributed by atoms with Crippen LogP contribution in [0, 0.1) is 0 Å². The molecule has 0 aromatic rings. The summed E-state index contributed by atoms with van der Waals surface area (Å²) in [6, 6.07) is 3.45. The summed E-state index contributed by atoms with van der Waals surface area (Å²) in [5.74, 6) is 0. The zero-order valence-electron chi connectivity index (χ0n) is 15.1. The molecule has 0 amide bonds. The van der Waals surface area contributed by atoms with Gasteiger partial charge in [0.15, 0.2) is 31.2 Å². The molecule has 0 bridgehead atoms. The maximum Gasteiger partial charge on any atom is 0.195 e. The summed E-state index contributed by atoms with van der Waals surface area (Å²) in [6.45, 7) is 20.6. The molecule has 0 spiro atoms. The van der Waals surface area contributed by atoms with Crippen molar-refractivity contribution in [3.05, 3.63) is 0 Å². The Labute approximate surface area is 129 Å². The van der Waals surface area contributed by atoms with Crippen molar-refractivity contribution in [1.29, 1.82) is 0 Å². The highest BCUT2D eigenvalue weighted by Crippen LogP contribution is 2.25. The monoisotopic (exact) mass is 336 g/mol. The fourth-order valence-corrected chi connectivity index (χ4v) is 6.39. The largest absolute Gasteiger partial charge is 0.413 e. The van der Waals surface area contributed by atoms with E-state index in [0.717, 1.165) is 18.1 Å². The highest BCUT2D eigenvalue weighted by atomic mass is 28.4. The molecule has 122 valence electrons. The smallest absolute Gasteiger partial charge is 0.195 e. The van der Waals surface area contributed by atoms with Gasteiger partial charge >= 0.3 is 0 Å². The van der Waals surface area contributed by atoms with Gasteiger partial charge in [0.05, 0.1) is 6.61 Å². The third-order valence-electron chi connectivity index (χ3n) is 3.45. The van der Waals surface area contributed by atoms with E-state index in [4.69, 9.17) is 13.3 Å². The molecule has 0 aliphatic carbocycles. The molecular weight excluding hydrogens is 300 g/mol. The number of hydrogen-bond donors (Lipinski definition) is 0. The quantitative estimate of drug-likeness (QED) is 0.413. The molecule has 0 aliphatic rings. The zero-order chi connectivity index (χ0) is 16.0. The molecule has 0 saturated heterocycles. The van der Waals surface area contributed by atoms with Crippen molar-refractivity contribution < 1.29 is 13.3 Å². The van der Waals surface area contributed by atoms with Crippen LogP contribution in [0.15, 0.2) is 0 Å². The van der Waals surface area contributed by atoms with Crippen LogP contribution >= 0.6 is 0 Å². The Hall–Kier alpha value is 0.531. The predicted octanol–water partition coefficient (Wildman–Crippen LogP) is 5.04. The van der Waals surface area contributed by atoms with Crippen molar-refractivity contribution in [3.63, 3.8) is 0 Å². The van der Waals surface area contributed by atoms with Crippen molar-refractivity contribution in [2.75, 3.05) is 6.61 Å². The van der Waals surface area contributed by atoms with Gasteiger partial charge in [-0.1, -0.05) is 20.8 Å². The third kappa shape index (κ3) is 8.74. The molecule has 3 nitrogen and oxygen atoms in total. The topological polar surface area (TPSA) is 27.7 Å². The minimum Gasteiger partial charge on any atom is -0.413 e. The molecule has 1 unspecified atom stereocenters. The average molecular weight is 337 g/mol. The van der Waals surface area contributed by atoms with Crippen LogP contribution < -0.4 is 0 Å². The summed E-state index contributed by atoms with van der Waals surface area (Å²) in [4.78, 5) is 0. The van der Waals surface area contributed by atoms with Gasteiger partial charge < -0.3 is 13.3 Å². The molecule has 0 heterocycles. The van der Waals surface area contributed by atoms with Gasteiger partial charge in [0.25, 0.3) is 0 Å². The Balaban J connectivity index is 4.83. The highest BCUT2D eigenvalue weighted by Gasteiger charge is 2.35. The van der Waals surface area contributed by atoms with E-state index in [1.54, 1.807) is 0 Å². The first-order valence-corrected chi connectivity index (χ1v) is 17.3. The fraction of sp³-hybridized carbons (Fsp3) is 1.00. The van der Waals surface area contributed by atoms with Crippen LogP contribution in [0.4, 0.5) is 0 Å². The maximum atomic E-state index is 6.51. The average Bonchev–Trinajstić information content (AvgIpc) is 2.30. The first-order chi connectivity index (χ1) is 8.97. The molecule has 1 atom stereocenters. The van der Waals surface area contributed by atoms with Gasteiger partial charge in [0.1, 0.15) is 0 Å². The van der Waals surface area contributed by atoms with Gasteiger partial charge in [0, 0.05) is 0 Å². The molecule has 0 aromatic heterocycles. The van der Waals surface area contributed by atoms with E-state index in [9.17, 15) is 0 Å². The Bertz CT molecular complexity index is 260. The normalized spacial score (nSPS) is 15.4. The van der Waals surface area contributed by atoms with E-state index < -0.39 is 25.0 Å². The van der Waals surface area contributed by atoms with Crippen LogP contribution in [-0.2, 0) is 13.3 Å². The first kappa shape index (κ1) is 20.5. The van der Waals surface area contributed by atoms with E-state index in [0.29, 0.717) is 6.61 Å². The Morgan fingerprint density at radius 2 is 1.15 bits per heavy atom. The van der Waals surface area contributed by atoms with Gasteiger partial charge in [-0.25, -0.2) is 0 Å². The van der Waals surface area contributed by atoms with Gasteiger partial charge in [0.2, 0.25) is 0 Å². The Morgan fingerprint density at radius 1 is 0.700 bits per heavy atom. The maximum absolute atomic E-state index is 6.51. The van der Waals surface area contributed by atoms with E-state index in [2.05, 4.69) is 60.1 Å². The van der Waals surface area contributed by atoms with Crippen molar-refractivity contribution in [1.82, 2.24) is 0 Å². The Morgan fingerprint density at radius 3 is 1.45 bits per heavy atom. The zero-order valence-corrected chi connectivity index (χ0v) is 18.1. The Kier molecular flexibility index (Phi) is 8.46. The lowest BCUT2D eigenvalue weighted by Gasteiger charge is -2.36. The second-order valence-corrected chi connectivity index (χ2v) is 21.1. The van der Waals surface area contributed by atoms with Crippen LogP contribution in [0.25, 0.3) is 0 Å². The second-order valence-electron chi connectivity index (χ2n) is 7.44. The summed E-state index contributed by atoms with van der Waals surface area (Å²) in [6.07, 6.45) is -0.167. The van der Waals surface area contributed by atoms with E-state index in [-0.39, 0.29) is 6.29 Å². The second kappa shape index (κ2) is 8.24. The van der Waals surface area contributed by atoms with Crippen molar-refractivity contribution in [3.8, 4) is 0 Å². The van der Waals surface area contributed by atoms with Crippen LogP contribution in [0.5, 0.6) is 0 Å². The number of rotatable bonds is 10. The van der Waals surface area contributed by atoms with E-state index >= 15 is 0 Å². The molecule has 0 aromatic carbocycles. The van der Waals surface area contributed by atoms with Crippen molar-refractivity contribution >= 4 is 25.0 Å². The van der Waals surface area contributed by atoms with Gasteiger partial charge in [-0.15, -0.1) is 0 Å². The molecule has 0 radical (unpaired) electrons. The lowest BCUT2D eigenvalue weighted by molar-refractivity contribution is -0.0439. The minimum absolute atomic E-state index is 0.167. The SMILES string of the molecule is CC[Si](CC)(CC)OC(CO[Si](C)(C)C)O[Si](C)(C)C. The first-order valence-electron chi connectivity index (χ1n) is 7.96. The van der Waals surface area contributed by atoms with Crippen LogP contribution in [0.1, 0.15) is 20.8 Å². The summed E-state index contributed by atoms with van der Waals surface area (Å²) in [5.41, 5.74) is 0. The van der Waals surface area contributed by atoms with E-state index in [1.165, 1.54) is 0 Å². The molecule has 0 rings (SSSR count). The standard InChI is InChI=1S/C14H36O3Si3/c1-10-20(11-2,12-3)17-14(16-19(7,8)9)13-15-18(4,5)6/h14H,10-13H2,1-9H3. The number of hydrogen-bond acceptors (Lipinski definition) is 3. The third-order valence-corrected chi connectivity index (χ3v) is 10.1. The molecule has 0 N–H and O–H groups in total. The van der Waals surface area contributed by atoms with Crippen LogP contribution in [-0.4, -0.2) is 37.8 Å². The predicted molar refractivity (Wildman–Crippen MR) is 95.8 cm³/mol. The van der Waals surface area contributed by atoms with Crippen LogP contribution in [0.3, 0.4) is 0 Å². The molecule has 6 heteroatoms.